The van der Waals surface area contributed by atoms with Crippen LogP contribution in [0.4, 0.5) is 0 Å². The van der Waals surface area contributed by atoms with E-state index in [0.717, 1.165) is 37.3 Å². The summed E-state index contributed by atoms with van der Waals surface area (Å²) in [7, 11) is 3.75. The molecule has 1 aromatic carbocycles. The molecule has 0 aliphatic carbocycles. The van der Waals surface area contributed by atoms with E-state index >= 15 is 0 Å². The first-order valence-corrected chi connectivity index (χ1v) is 7.86. The molecule has 3 rings (SSSR count). The van der Waals surface area contributed by atoms with Gasteiger partial charge < -0.3 is 10.1 Å². The molecule has 1 aliphatic rings. The van der Waals surface area contributed by atoms with E-state index in [1.165, 1.54) is 10.9 Å². The maximum atomic E-state index is 12.2. The Morgan fingerprint density at radius 1 is 1.43 bits per heavy atom. The first kappa shape index (κ1) is 15.8. The van der Waals surface area contributed by atoms with E-state index in [1.54, 1.807) is 7.05 Å². The van der Waals surface area contributed by atoms with Gasteiger partial charge in [0.2, 0.25) is 0 Å². The van der Waals surface area contributed by atoms with Gasteiger partial charge in [-0.3, -0.25) is 9.69 Å². The Morgan fingerprint density at radius 3 is 2.74 bits per heavy atom. The molecule has 0 saturated carbocycles. The molecular formula is C17H22N4O2. The van der Waals surface area contributed by atoms with Crippen molar-refractivity contribution in [1.82, 2.24) is 14.7 Å². The van der Waals surface area contributed by atoms with Crippen molar-refractivity contribution in [2.75, 3.05) is 26.8 Å². The second-order valence-corrected chi connectivity index (χ2v) is 6.09. The molecule has 1 fully saturated rings. The van der Waals surface area contributed by atoms with E-state index < -0.39 is 0 Å². The Labute approximate surface area is 135 Å². The molecule has 1 aliphatic heterocycles. The van der Waals surface area contributed by atoms with Gasteiger partial charge in [-0.25, -0.2) is 4.68 Å². The van der Waals surface area contributed by atoms with Gasteiger partial charge in [0.25, 0.3) is 5.56 Å². The van der Waals surface area contributed by atoms with E-state index in [0.29, 0.717) is 11.4 Å². The Balaban J connectivity index is 1.88. The lowest BCUT2D eigenvalue weighted by Gasteiger charge is -2.35. The number of nitrogens with zero attached hydrogens (tertiary/aromatic N) is 3. The zero-order chi connectivity index (χ0) is 16.4. The second kappa shape index (κ2) is 6.60. The van der Waals surface area contributed by atoms with Gasteiger partial charge in [0.05, 0.1) is 30.3 Å². The van der Waals surface area contributed by atoms with Crippen molar-refractivity contribution in [3.8, 4) is 0 Å². The molecule has 1 atom stereocenters. The molecule has 23 heavy (non-hydrogen) atoms. The third-order valence-corrected chi connectivity index (χ3v) is 4.57. The minimum atomic E-state index is -0.102. The molecule has 1 saturated heterocycles. The molecule has 0 amide bonds. The van der Waals surface area contributed by atoms with Gasteiger partial charge in [0.1, 0.15) is 0 Å². The van der Waals surface area contributed by atoms with Crippen molar-refractivity contribution >= 4 is 17.0 Å². The van der Waals surface area contributed by atoms with Crippen molar-refractivity contribution in [1.29, 1.82) is 5.41 Å². The summed E-state index contributed by atoms with van der Waals surface area (Å²) < 4.78 is 6.60. The van der Waals surface area contributed by atoms with Crippen LogP contribution in [0.15, 0.2) is 29.1 Å². The number of aryl methyl sites for hydroxylation is 1. The van der Waals surface area contributed by atoms with E-state index in [4.69, 9.17) is 10.1 Å². The highest BCUT2D eigenvalue weighted by Gasteiger charge is 2.24. The first-order valence-electron chi connectivity index (χ1n) is 7.86. The number of nitrogens with one attached hydrogen (secondary N) is 1. The number of fused-ring (bicyclic) bond motifs is 1. The minimum absolute atomic E-state index is 0.100. The highest BCUT2D eigenvalue weighted by molar-refractivity contribution is 5.86. The molecule has 0 radical (unpaired) electrons. The van der Waals surface area contributed by atoms with Gasteiger partial charge in [0, 0.05) is 24.6 Å². The van der Waals surface area contributed by atoms with Gasteiger partial charge in [-0.05, 0) is 26.1 Å². The van der Waals surface area contributed by atoms with Gasteiger partial charge in [-0.2, -0.15) is 5.10 Å². The summed E-state index contributed by atoms with van der Waals surface area (Å²) in [4.78, 5) is 14.5. The Morgan fingerprint density at radius 2 is 2.13 bits per heavy atom. The molecule has 6 nitrogen and oxygen atoms in total. The van der Waals surface area contributed by atoms with Gasteiger partial charge >= 0.3 is 0 Å². The summed E-state index contributed by atoms with van der Waals surface area (Å²) >= 11 is 0. The van der Waals surface area contributed by atoms with Crippen molar-refractivity contribution in [3.63, 3.8) is 0 Å². The average molecular weight is 314 g/mol. The lowest BCUT2D eigenvalue weighted by molar-refractivity contribution is -0.0562. The van der Waals surface area contributed by atoms with Crippen molar-refractivity contribution in [3.05, 3.63) is 40.3 Å². The normalized spacial score (nSPS) is 16.5. The SMILES string of the molecule is CN(CCC(C=N)c1nn(C)c(=O)c2ccccc12)C1COC1. The Hall–Kier alpha value is -2.05. The van der Waals surface area contributed by atoms with Crippen LogP contribution < -0.4 is 5.56 Å². The predicted octanol–water partition coefficient (Wildman–Crippen LogP) is 1.39. The summed E-state index contributed by atoms with van der Waals surface area (Å²) in [6.07, 6.45) is 2.23. The van der Waals surface area contributed by atoms with Crippen molar-refractivity contribution in [2.24, 2.45) is 7.05 Å². The second-order valence-electron chi connectivity index (χ2n) is 6.09. The van der Waals surface area contributed by atoms with Crippen LogP contribution in [0, 0.1) is 5.41 Å². The zero-order valence-corrected chi connectivity index (χ0v) is 13.5. The maximum Gasteiger partial charge on any atom is 0.274 e. The lowest BCUT2D eigenvalue weighted by Crippen LogP contribution is -2.47. The van der Waals surface area contributed by atoms with Crippen LogP contribution in [0.25, 0.3) is 10.8 Å². The molecule has 2 aromatic rings. The highest BCUT2D eigenvalue weighted by atomic mass is 16.5. The fourth-order valence-electron chi connectivity index (χ4n) is 2.90. The van der Waals surface area contributed by atoms with E-state index in [9.17, 15) is 4.79 Å². The number of hydrogen-bond acceptors (Lipinski definition) is 5. The molecule has 6 heteroatoms. The molecular weight excluding hydrogens is 292 g/mol. The summed E-state index contributed by atoms with van der Waals surface area (Å²) in [5, 5.41) is 13.8. The smallest absolute Gasteiger partial charge is 0.274 e. The average Bonchev–Trinajstić information content (AvgIpc) is 2.50. The summed E-state index contributed by atoms with van der Waals surface area (Å²) in [6, 6.07) is 7.98. The molecule has 0 bridgehead atoms. The summed E-state index contributed by atoms with van der Waals surface area (Å²) in [5.41, 5.74) is 0.702. The number of likely N-dealkylation sites (N-methyl/N-ethyl adjacent to an activating group) is 1. The Bertz CT molecular complexity index is 767. The van der Waals surface area contributed by atoms with Crippen LogP contribution >= 0.6 is 0 Å². The number of aromatic nitrogens is 2. The van der Waals surface area contributed by atoms with Crippen LogP contribution in [0.1, 0.15) is 18.0 Å². The third kappa shape index (κ3) is 3.04. The topological polar surface area (TPSA) is 71.2 Å². The molecule has 1 unspecified atom stereocenters. The number of rotatable bonds is 6. The molecule has 0 spiro atoms. The van der Waals surface area contributed by atoms with Crippen LogP contribution in [-0.4, -0.2) is 53.7 Å². The van der Waals surface area contributed by atoms with Gasteiger partial charge in [-0.1, -0.05) is 18.2 Å². The van der Waals surface area contributed by atoms with E-state index in [-0.39, 0.29) is 11.5 Å². The zero-order valence-electron chi connectivity index (χ0n) is 13.5. The van der Waals surface area contributed by atoms with Crippen LogP contribution in [-0.2, 0) is 11.8 Å². The van der Waals surface area contributed by atoms with Crippen LogP contribution in [0.5, 0.6) is 0 Å². The van der Waals surface area contributed by atoms with Crippen LogP contribution in [0.3, 0.4) is 0 Å². The molecule has 1 N–H and O–H groups in total. The van der Waals surface area contributed by atoms with Crippen molar-refractivity contribution < 1.29 is 4.74 Å². The summed E-state index contributed by atoms with van der Waals surface area (Å²) in [6.45, 7) is 2.44. The standard InChI is InChI=1S/C17H22N4O2/c1-20(13-10-23-11-13)8-7-12(9-18)16-14-5-3-4-6-15(14)17(22)21(2)19-16/h3-6,9,12-13,18H,7-8,10-11H2,1-2H3. The Kier molecular flexibility index (Phi) is 4.54. The van der Waals surface area contributed by atoms with Crippen LogP contribution in [0.2, 0.25) is 0 Å². The van der Waals surface area contributed by atoms with Gasteiger partial charge in [-0.15, -0.1) is 0 Å². The lowest BCUT2D eigenvalue weighted by atomic mass is 9.97. The maximum absolute atomic E-state index is 12.2. The van der Waals surface area contributed by atoms with Crippen molar-refractivity contribution in [2.45, 2.75) is 18.4 Å². The highest BCUT2D eigenvalue weighted by Crippen LogP contribution is 2.23. The largest absolute Gasteiger partial charge is 0.378 e. The number of hydrogen-bond donors (Lipinski definition) is 1. The monoisotopic (exact) mass is 314 g/mol. The molecule has 2 heterocycles. The van der Waals surface area contributed by atoms with E-state index in [1.807, 2.05) is 24.3 Å². The quantitative estimate of drug-likeness (QED) is 0.818. The fourth-order valence-corrected chi connectivity index (χ4v) is 2.90. The number of benzene rings is 1. The fraction of sp³-hybridized carbons (Fsp3) is 0.471. The predicted molar refractivity (Wildman–Crippen MR) is 90.4 cm³/mol. The molecule has 122 valence electrons. The summed E-state index contributed by atoms with van der Waals surface area (Å²) in [5.74, 6) is -0.102. The van der Waals surface area contributed by atoms with E-state index in [2.05, 4.69) is 17.0 Å². The minimum Gasteiger partial charge on any atom is -0.378 e. The number of ether oxygens (including phenoxy) is 1. The first-order chi connectivity index (χ1) is 11.1. The van der Waals surface area contributed by atoms with Gasteiger partial charge in [0.15, 0.2) is 0 Å². The third-order valence-electron chi connectivity index (χ3n) is 4.57. The molecule has 1 aromatic heterocycles.